The molecule has 1 aliphatic rings. The summed E-state index contributed by atoms with van der Waals surface area (Å²) in [7, 11) is 3.14. The molecule has 10 heteroatoms. The number of nitrogens with zero attached hydrogens (tertiary/aromatic N) is 3. The number of nitrogens with one attached hydrogen (secondary N) is 1. The van der Waals surface area contributed by atoms with Gasteiger partial charge in [0.05, 0.1) is 13.3 Å². The summed E-state index contributed by atoms with van der Waals surface area (Å²) in [6, 6.07) is 15.4. The quantitative estimate of drug-likeness (QED) is 0.243. The van der Waals surface area contributed by atoms with E-state index >= 15 is 0 Å². The molecule has 0 fully saturated rings. The first-order chi connectivity index (χ1) is 21.1. The molecule has 0 aliphatic heterocycles. The van der Waals surface area contributed by atoms with Crippen LogP contribution in [0.15, 0.2) is 77.5 Å². The van der Waals surface area contributed by atoms with Gasteiger partial charge in [0.25, 0.3) is 11.5 Å². The van der Waals surface area contributed by atoms with Crippen LogP contribution in [0.25, 0.3) is 11.8 Å². The maximum Gasteiger partial charge on any atom is 0.268 e. The van der Waals surface area contributed by atoms with Crippen LogP contribution >= 0.6 is 0 Å². The number of fused-ring (bicyclic) bond motifs is 1. The zero-order chi connectivity index (χ0) is 31.4. The molecule has 0 spiro atoms. The van der Waals surface area contributed by atoms with Gasteiger partial charge >= 0.3 is 0 Å². The van der Waals surface area contributed by atoms with E-state index in [9.17, 15) is 14.4 Å². The van der Waals surface area contributed by atoms with Gasteiger partial charge in [-0.25, -0.2) is 4.98 Å². The van der Waals surface area contributed by atoms with Gasteiger partial charge in [0.2, 0.25) is 0 Å². The van der Waals surface area contributed by atoms with Gasteiger partial charge in [0.1, 0.15) is 35.2 Å². The number of rotatable bonds is 9. The molecule has 1 aliphatic carbocycles. The van der Waals surface area contributed by atoms with Crippen LogP contribution in [-0.2, 0) is 15.9 Å². The highest BCUT2D eigenvalue weighted by atomic mass is 16.5. The van der Waals surface area contributed by atoms with Crippen molar-refractivity contribution in [1.29, 1.82) is 0 Å². The molecule has 1 N–H and O–H groups in total. The van der Waals surface area contributed by atoms with Crippen LogP contribution in [0.5, 0.6) is 11.5 Å². The number of aromatic nitrogens is 3. The Balaban J connectivity index is 1.42. The van der Waals surface area contributed by atoms with Crippen molar-refractivity contribution in [2.75, 3.05) is 26.1 Å². The summed E-state index contributed by atoms with van der Waals surface area (Å²) in [5.41, 5.74) is 2.08. The van der Waals surface area contributed by atoms with E-state index in [-0.39, 0.29) is 29.2 Å². The molecular weight excluding hydrogens is 560 g/mol. The van der Waals surface area contributed by atoms with Crippen molar-refractivity contribution in [3.8, 4) is 17.2 Å². The minimum atomic E-state index is -0.663. The lowest BCUT2D eigenvalue weighted by Crippen LogP contribution is -2.37. The summed E-state index contributed by atoms with van der Waals surface area (Å²) in [4.78, 5) is 49.1. The number of methoxy groups -OCH3 is 2. The molecule has 3 aromatic heterocycles. The van der Waals surface area contributed by atoms with E-state index in [0.29, 0.717) is 47.0 Å². The number of benzene rings is 1. The summed E-state index contributed by atoms with van der Waals surface area (Å²) in [6.07, 6.45) is 5.75. The first-order valence-electron chi connectivity index (χ1n) is 14.1. The lowest BCUT2D eigenvalue weighted by atomic mass is 9.75. The number of carbonyl (C=O) groups excluding carboxylic acids is 2. The van der Waals surface area contributed by atoms with E-state index in [4.69, 9.17) is 14.2 Å². The van der Waals surface area contributed by atoms with Crippen molar-refractivity contribution in [1.82, 2.24) is 14.5 Å². The lowest BCUT2D eigenvalue weighted by molar-refractivity contribution is 0.0908. The number of pyridine rings is 3. The molecule has 1 amide bonds. The average molecular weight is 595 g/mol. The van der Waals surface area contributed by atoms with Crippen LogP contribution in [0.4, 0.5) is 5.82 Å². The van der Waals surface area contributed by atoms with Crippen LogP contribution in [0.1, 0.15) is 57.9 Å². The summed E-state index contributed by atoms with van der Waals surface area (Å²) in [6.45, 7) is 6.14. The molecule has 5 rings (SSSR count). The van der Waals surface area contributed by atoms with Gasteiger partial charge in [-0.2, -0.15) is 0 Å². The van der Waals surface area contributed by atoms with Crippen molar-refractivity contribution in [2.24, 2.45) is 5.41 Å². The number of amides is 1. The third kappa shape index (κ3) is 6.45. The van der Waals surface area contributed by atoms with Crippen LogP contribution in [0.3, 0.4) is 0 Å². The SMILES string of the molecule is COC/C(=C\c1c(Oc2ccc(NC(=O)c3cc4c(n(-c5ccccc5)c3=O)CC(C)(C)CC4=O)nc2)ccnc1C)OC. The van der Waals surface area contributed by atoms with E-state index < -0.39 is 11.5 Å². The van der Waals surface area contributed by atoms with Crippen molar-refractivity contribution >= 4 is 23.6 Å². The van der Waals surface area contributed by atoms with Crippen LogP contribution < -0.4 is 15.6 Å². The van der Waals surface area contributed by atoms with E-state index in [1.54, 1.807) is 56.8 Å². The topological polar surface area (TPSA) is 122 Å². The molecule has 10 nitrogen and oxygen atoms in total. The number of ketones is 1. The van der Waals surface area contributed by atoms with Crippen molar-refractivity contribution < 1.29 is 23.8 Å². The summed E-state index contributed by atoms with van der Waals surface area (Å²) in [5, 5.41) is 2.69. The predicted molar refractivity (Wildman–Crippen MR) is 167 cm³/mol. The van der Waals surface area contributed by atoms with Gasteiger partial charge in [0, 0.05) is 47.9 Å². The molecule has 44 heavy (non-hydrogen) atoms. The fraction of sp³-hybridized carbons (Fsp3) is 0.265. The second-order valence-electron chi connectivity index (χ2n) is 11.3. The molecule has 0 saturated carbocycles. The van der Waals surface area contributed by atoms with Gasteiger partial charge in [-0.1, -0.05) is 32.0 Å². The molecule has 3 heterocycles. The van der Waals surface area contributed by atoms with Gasteiger partial charge < -0.3 is 19.5 Å². The molecule has 0 unspecified atom stereocenters. The first-order valence-corrected chi connectivity index (χ1v) is 14.1. The predicted octanol–water partition coefficient (Wildman–Crippen LogP) is 5.77. The van der Waals surface area contributed by atoms with E-state index in [1.807, 2.05) is 39.0 Å². The third-order valence-corrected chi connectivity index (χ3v) is 7.36. The molecule has 0 saturated heterocycles. The number of ether oxygens (including phenoxy) is 3. The second-order valence-corrected chi connectivity index (χ2v) is 11.3. The van der Waals surface area contributed by atoms with Gasteiger partial charge in [-0.15, -0.1) is 0 Å². The molecule has 0 bridgehead atoms. The Morgan fingerprint density at radius 1 is 1.05 bits per heavy atom. The molecule has 0 atom stereocenters. The Morgan fingerprint density at radius 3 is 2.50 bits per heavy atom. The minimum absolute atomic E-state index is 0.102. The van der Waals surface area contributed by atoms with E-state index in [2.05, 4.69) is 15.3 Å². The Hall–Kier alpha value is -5.09. The Kier molecular flexibility index (Phi) is 8.73. The van der Waals surface area contributed by atoms with Gasteiger partial charge in [0.15, 0.2) is 5.78 Å². The standard InChI is InChI=1S/C34H34N4O6/c1-21-25(15-24(43-5)20-42-4)30(13-14-35-21)44-23-11-12-31(36-19-23)37-32(40)27-16-26-28(17-34(2,3)18-29(26)39)38(33(27)41)22-9-7-6-8-10-22/h6-16,19H,17-18,20H2,1-5H3,(H,36,37,40)/b24-15+. The normalized spacial score (nSPS) is 14.1. The van der Waals surface area contributed by atoms with Crippen molar-refractivity contribution in [3.05, 3.63) is 111 Å². The fourth-order valence-electron chi connectivity index (χ4n) is 5.23. The zero-order valence-corrected chi connectivity index (χ0v) is 25.3. The summed E-state index contributed by atoms with van der Waals surface area (Å²) >= 11 is 0. The molecule has 4 aromatic rings. The number of aryl methyl sites for hydroxylation is 1. The first kappa shape index (κ1) is 30.4. The van der Waals surface area contributed by atoms with Gasteiger partial charge in [-0.05, 0) is 61.2 Å². The number of anilines is 1. The maximum atomic E-state index is 13.8. The molecule has 226 valence electrons. The Bertz CT molecular complexity index is 1790. The van der Waals surface area contributed by atoms with Crippen LogP contribution in [-0.4, -0.2) is 47.1 Å². The van der Waals surface area contributed by atoms with Crippen molar-refractivity contribution in [3.63, 3.8) is 0 Å². The lowest BCUT2D eigenvalue weighted by Gasteiger charge is -2.32. The highest BCUT2D eigenvalue weighted by Gasteiger charge is 2.35. The molecule has 1 aromatic carbocycles. The number of hydrogen-bond donors (Lipinski definition) is 1. The maximum absolute atomic E-state index is 13.8. The fourth-order valence-corrected chi connectivity index (χ4v) is 5.23. The number of hydrogen-bond acceptors (Lipinski definition) is 8. The largest absolute Gasteiger partial charge is 0.499 e. The van der Waals surface area contributed by atoms with Crippen LogP contribution in [0.2, 0.25) is 0 Å². The monoisotopic (exact) mass is 594 g/mol. The second kappa shape index (κ2) is 12.6. The van der Waals surface area contributed by atoms with E-state index in [0.717, 1.165) is 11.3 Å². The smallest absolute Gasteiger partial charge is 0.268 e. The molecular formula is C34H34N4O6. The zero-order valence-electron chi connectivity index (χ0n) is 25.3. The third-order valence-electron chi connectivity index (χ3n) is 7.36. The summed E-state index contributed by atoms with van der Waals surface area (Å²) < 4.78 is 18.1. The van der Waals surface area contributed by atoms with Gasteiger partial charge in [-0.3, -0.25) is 23.9 Å². The Morgan fingerprint density at radius 2 is 1.82 bits per heavy atom. The highest BCUT2D eigenvalue weighted by Crippen LogP contribution is 2.35. The van der Waals surface area contributed by atoms with Crippen LogP contribution in [0, 0.1) is 12.3 Å². The molecule has 0 radical (unpaired) electrons. The highest BCUT2D eigenvalue weighted by molar-refractivity contribution is 6.06. The minimum Gasteiger partial charge on any atom is -0.499 e. The van der Waals surface area contributed by atoms with E-state index in [1.165, 1.54) is 16.8 Å². The number of para-hydroxylation sites is 1. The average Bonchev–Trinajstić information content (AvgIpc) is 2.99. The number of carbonyl (C=O) groups is 2. The Labute approximate surface area is 255 Å². The summed E-state index contributed by atoms with van der Waals surface area (Å²) in [5.74, 6) is 1.00. The number of Topliss-reactive ketones (excluding diaryl/α,β-unsaturated/α-hetero) is 1. The van der Waals surface area contributed by atoms with Crippen molar-refractivity contribution in [2.45, 2.75) is 33.6 Å².